The zero-order valence-electron chi connectivity index (χ0n) is 15.8. The summed E-state index contributed by atoms with van der Waals surface area (Å²) >= 11 is 0. The standard InChI is InChI=1S/C20H26FN5O/c1-16(27-18-8-4-3-7-17(18)21)15-24-20(22-2)26-13-11-25(12-14-26)19-9-5-6-10-23-19/h3-10,16H,11-15H2,1-2H3,(H,22,24). The fourth-order valence-electron chi connectivity index (χ4n) is 3.05. The van der Waals surface area contributed by atoms with Crippen LogP contribution in [0, 0.1) is 5.82 Å². The lowest BCUT2D eigenvalue weighted by molar-refractivity contribution is 0.212. The molecule has 6 nitrogen and oxygen atoms in total. The Bertz CT molecular complexity index is 747. The Hall–Kier alpha value is -2.83. The number of anilines is 1. The van der Waals surface area contributed by atoms with E-state index in [1.165, 1.54) is 6.07 Å². The van der Waals surface area contributed by atoms with E-state index in [1.807, 2.05) is 31.3 Å². The summed E-state index contributed by atoms with van der Waals surface area (Å²) in [5, 5.41) is 3.33. The third-order valence-corrected chi connectivity index (χ3v) is 4.48. The largest absolute Gasteiger partial charge is 0.486 e. The number of nitrogens with zero attached hydrogens (tertiary/aromatic N) is 4. The average molecular weight is 371 g/mol. The van der Waals surface area contributed by atoms with Crippen molar-refractivity contribution in [1.29, 1.82) is 0 Å². The van der Waals surface area contributed by atoms with Gasteiger partial charge in [0.25, 0.3) is 0 Å². The molecule has 0 aliphatic carbocycles. The van der Waals surface area contributed by atoms with Gasteiger partial charge in [0.1, 0.15) is 11.9 Å². The number of ether oxygens (including phenoxy) is 1. The second kappa shape index (κ2) is 9.21. The highest BCUT2D eigenvalue weighted by Gasteiger charge is 2.20. The molecule has 1 atom stereocenters. The summed E-state index contributed by atoms with van der Waals surface area (Å²) in [6.07, 6.45) is 1.63. The Balaban J connectivity index is 1.48. The first-order valence-corrected chi connectivity index (χ1v) is 9.20. The minimum Gasteiger partial charge on any atom is -0.486 e. The van der Waals surface area contributed by atoms with E-state index in [0.29, 0.717) is 6.54 Å². The van der Waals surface area contributed by atoms with Gasteiger partial charge in [0.15, 0.2) is 17.5 Å². The van der Waals surface area contributed by atoms with Crippen molar-refractivity contribution < 1.29 is 9.13 Å². The van der Waals surface area contributed by atoms with Crippen LogP contribution in [0.15, 0.2) is 53.7 Å². The van der Waals surface area contributed by atoms with Crippen molar-refractivity contribution in [3.8, 4) is 5.75 Å². The van der Waals surface area contributed by atoms with Gasteiger partial charge in [0, 0.05) is 39.4 Å². The number of benzene rings is 1. The maximum Gasteiger partial charge on any atom is 0.193 e. The molecule has 1 aromatic heterocycles. The predicted octanol–water partition coefficient (Wildman–Crippen LogP) is 2.39. The number of piperazine rings is 1. The summed E-state index contributed by atoms with van der Waals surface area (Å²) in [5.74, 6) is 1.76. The maximum absolute atomic E-state index is 13.7. The van der Waals surface area contributed by atoms with E-state index in [4.69, 9.17) is 4.74 Å². The van der Waals surface area contributed by atoms with Gasteiger partial charge in [-0.15, -0.1) is 0 Å². The molecule has 1 fully saturated rings. The van der Waals surface area contributed by atoms with Crippen LogP contribution in [0.3, 0.4) is 0 Å². The van der Waals surface area contributed by atoms with E-state index in [-0.39, 0.29) is 17.7 Å². The lowest BCUT2D eigenvalue weighted by atomic mass is 10.3. The van der Waals surface area contributed by atoms with Crippen molar-refractivity contribution in [1.82, 2.24) is 15.2 Å². The molecule has 144 valence electrons. The summed E-state index contributed by atoms with van der Waals surface area (Å²) < 4.78 is 19.4. The minimum atomic E-state index is -0.348. The maximum atomic E-state index is 13.7. The van der Waals surface area contributed by atoms with E-state index in [1.54, 1.807) is 25.2 Å². The molecule has 0 radical (unpaired) electrons. The molecule has 0 amide bonds. The zero-order valence-corrected chi connectivity index (χ0v) is 15.8. The second-order valence-electron chi connectivity index (χ2n) is 6.45. The van der Waals surface area contributed by atoms with Gasteiger partial charge in [-0.1, -0.05) is 18.2 Å². The Morgan fingerprint density at radius 2 is 1.93 bits per heavy atom. The van der Waals surface area contributed by atoms with Crippen molar-refractivity contribution in [3.63, 3.8) is 0 Å². The van der Waals surface area contributed by atoms with E-state index in [2.05, 4.69) is 25.1 Å². The van der Waals surface area contributed by atoms with Gasteiger partial charge in [-0.2, -0.15) is 0 Å². The van der Waals surface area contributed by atoms with Crippen LogP contribution in [-0.4, -0.2) is 61.7 Å². The van der Waals surface area contributed by atoms with Crippen LogP contribution in [0.25, 0.3) is 0 Å². The summed E-state index contributed by atoms with van der Waals surface area (Å²) in [6.45, 7) is 5.95. The number of aliphatic imine (C=N–C) groups is 1. The fourth-order valence-corrected chi connectivity index (χ4v) is 3.05. The number of hydrogen-bond acceptors (Lipinski definition) is 4. The first kappa shape index (κ1) is 18.9. The van der Waals surface area contributed by atoms with Crippen molar-refractivity contribution in [2.45, 2.75) is 13.0 Å². The number of nitrogens with one attached hydrogen (secondary N) is 1. The van der Waals surface area contributed by atoms with Gasteiger partial charge in [-0.3, -0.25) is 4.99 Å². The monoisotopic (exact) mass is 371 g/mol. The van der Waals surface area contributed by atoms with Gasteiger partial charge in [-0.05, 0) is 31.2 Å². The lowest BCUT2D eigenvalue weighted by Crippen LogP contribution is -2.53. The first-order valence-electron chi connectivity index (χ1n) is 9.20. The van der Waals surface area contributed by atoms with Crippen LogP contribution in [0.1, 0.15) is 6.92 Å². The predicted molar refractivity (Wildman–Crippen MR) is 106 cm³/mol. The highest BCUT2D eigenvalue weighted by atomic mass is 19.1. The van der Waals surface area contributed by atoms with Crippen LogP contribution >= 0.6 is 0 Å². The molecule has 1 unspecified atom stereocenters. The molecule has 2 heterocycles. The number of hydrogen-bond donors (Lipinski definition) is 1. The van der Waals surface area contributed by atoms with Crippen LogP contribution in [0.2, 0.25) is 0 Å². The third kappa shape index (κ3) is 5.09. The minimum absolute atomic E-state index is 0.187. The number of halogens is 1. The van der Waals surface area contributed by atoms with Crippen molar-refractivity contribution in [3.05, 3.63) is 54.5 Å². The molecule has 27 heavy (non-hydrogen) atoms. The molecule has 1 aliphatic rings. The molecular weight excluding hydrogens is 345 g/mol. The van der Waals surface area contributed by atoms with E-state index in [9.17, 15) is 4.39 Å². The van der Waals surface area contributed by atoms with Crippen molar-refractivity contribution in [2.24, 2.45) is 4.99 Å². The van der Waals surface area contributed by atoms with Gasteiger partial charge in [0.2, 0.25) is 0 Å². The summed E-state index contributed by atoms with van der Waals surface area (Å²) in [4.78, 5) is 13.3. The fraction of sp³-hybridized carbons (Fsp3) is 0.400. The molecule has 1 aliphatic heterocycles. The molecule has 3 rings (SSSR count). The molecule has 2 aromatic rings. The molecule has 0 spiro atoms. The first-order chi connectivity index (χ1) is 13.2. The van der Waals surface area contributed by atoms with Crippen molar-refractivity contribution >= 4 is 11.8 Å². The van der Waals surface area contributed by atoms with Crippen molar-refractivity contribution in [2.75, 3.05) is 44.7 Å². The molecular formula is C20H26FN5O. The molecule has 1 N–H and O–H groups in total. The van der Waals surface area contributed by atoms with E-state index >= 15 is 0 Å². The number of rotatable bonds is 5. The summed E-state index contributed by atoms with van der Waals surface area (Å²) in [5.41, 5.74) is 0. The van der Waals surface area contributed by atoms with Crippen LogP contribution in [0.5, 0.6) is 5.75 Å². The molecule has 7 heteroatoms. The van der Waals surface area contributed by atoms with Gasteiger partial charge >= 0.3 is 0 Å². The SMILES string of the molecule is CN=C(NCC(C)Oc1ccccc1F)N1CCN(c2ccccn2)CC1. The number of para-hydroxylation sites is 1. The van der Waals surface area contributed by atoms with Crippen LogP contribution < -0.4 is 15.0 Å². The quantitative estimate of drug-likeness (QED) is 0.646. The highest BCUT2D eigenvalue weighted by Crippen LogP contribution is 2.17. The average Bonchev–Trinajstić information content (AvgIpc) is 2.71. The topological polar surface area (TPSA) is 53.0 Å². The molecule has 0 bridgehead atoms. The van der Waals surface area contributed by atoms with E-state index < -0.39 is 0 Å². The van der Waals surface area contributed by atoms with Gasteiger partial charge < -0.3 is 19.9 Å². The smallest absolute Gasteiger partial charge is 0.193 e. The highest BCUT2D eigenvalue weighted by molar-refractivity contribution is 5.80. The van der Waals surface area contributed by atoms with Crippen LogP contribution in [0.4, 0.5) is 10.2 Å². The summed E-state index contributed by atoms with van der Waals surface area (Å²) in [6, 6.07) is 12.4. The molecule has 1 saturated heterocycles. The number of aromatic nitrogens is 1. The van der Waals surface area contributed by atoms with Crippen LogP contribution in [-0.2, 0) is 0 Å². The van der Waals surface area contributed by atoms with Gasteiger partial charge in [0.05, 0.1) is 6.54 Å². The van der Waals surface area contributed by atoms with E-state index in [0.717, 1.165) is 38.0 Å². The normalized spacial score (nSPS) is 16.2. The Labute approximate surface area is 159 Å². The summed E-state index contributed by atoms with van der Waals surface area (Å²) in [7, 11) is 1.77. The lowest BCUT2D eigenvalue weighted by Gasteiger charge is -2.37. The molecule has 1 aromatic carbocycles. The zero-order chi connectivity index (χ0) is 19.1. The number of guanidine groups is 1. The van der Waals surface area contributed by atoms with Gasteiger partial charge in [-0.25, -0.2) is 9.37 Å². The number of pyridine rings is 1. The Morgan fingerprint density at radius 3 is 2.59 bits per heavy atom. The molecule has 0 saturated carbocycles. The Kier molecular flexibility index (Phi) is 6.46. The Morgan fingerprint density at radius 1 is 1.19 bits per heavy atom. The third-order valence-electron chi connectivity index (χ3n) is 4.48. The second-order valence-corrected chi connectivity index (χ2v) is 6.45.